The molecule has 1 rings (SSSR count). The van der Waals surface area contributed by atoms with E-state index in [1.165, 1.54) is 25.2 Å². The van der Waals surface area contributed by atoms with Gasteiger partial charge in [0, 0.05) is 7.05 Å². The van der Waals surface area contributed by atoms with Crippen LogP contribution in [-0.4, -0.2) is 29.0 Å². The number of carboxylic acid groups (broad SMARTS) is 1. The summed E-state index contributed by atoms with van der Waals surface area (Å²) in [7, 11) is 1.33. The predicted molar refractivity (Wildman–Crippen MR) is 75.2 cm³/mol. The number of carboxylic acids is 1. The van der Waals surface area contributed by atoms with Gasteiger partial charge in [-0.2, -0.15) is 5.43 Å². The normalized spacial score (nSPS) is 10.6. The second-order valence-electron chi connectivity index (χ2n) is 3.47. The summed E-state index contributed by atoms with van der Waals surface area (Å²) in [6.07, 6.45) is 0. The molecule has 2 amide bonds. The second-order valence-corrected chi connectivity index (χ2v) is 4.85. The lowest BCUT2D eigenvalue weighted by molar-refractivity contribution is -0.135. The number of carbonyl (C=O) groups excluding carboxylic acids is 1. The van der Waals surface area contributed by atoms with Crippen molar-refractivity contribution in [3.05, 3.63) is 35.0 Å². The Hall–Kier alpha value is -2.03. The molecule has 20 heavy (non-hydrogen) atoms. The lowest BCUT2D eigenvalue weighted by Crippen LogP contribution is -2.34. The van der Waals surface area contributed by atoms with Crippen molar-refractivity contribution in [3.63, 3.8) is 0 Å². The molecule has 7 nitrogen and oxygen atoms in total. The van der Waals surface area contributed by atoms with Gasteiger partial charge in [0.15, 0.2) is 0 Å². The van der Waals surface area contributed by atoms with Gasteiger partial charge >= 0.3 is 12.0 Å². The molecule has 1 aromatic rings. The largest absolute Gasteiger partial charge is 0.480 e. The van der Waals surface area contributed by atoms with Crippen LogP contribution >= 0.6 is 15.9 Å². The van der Waals surface area contributed by atoms with Crippen molar-refractivity contribution in [1.29, 1.82) is 0 Å². The minimum absolute atomic E-state index is 0.0775. The number of rotatable bonds is 3. The van der Waals surface area contributed by atoms with Crippen molar-refractivity contribution in [3.8, 4) is 0 Å². The van der Waals surface area contributed by atoms with Crippen molar-refractivity contribution >= 4 is 33.6 Å². The number of alkyl halides is 1. The van der Waals surface area contributed by atoms with Gasteiger partial charge in [-0.3, -0.25) is 9.69 Å². The lowest BCUT2D eigenvalue weighted by Gasteiger charge is -2.15. The van der Waals surface area contributed by atoms with Crippen LogP contribution in [-0.2, 0) is 4.79 Å². The van der Waals surface area contributed by atoms with Crippen LogP contribution < -0.4 is 10.3 Å². The predicted octanol–water partition coefficient (Wildman–Crippen LogP) is 2.51. The van der Waals surface area contributed by atoms with Crippen molar-refractivity contribution in [1.82, 2.24) is 5.43 Å². The summed E-state index contributed by atoms with van der Waals surface area (Å²) >= 11 is 2.84. The topological polar surface area (TPSA) is 99.1 Å². The van der Waals surface area contributed by atoms with Gasteiger partial charge in [0.05, 0.1) is 11.0 Å². The Morgan fingerprint density at radius 1 is 1.45 bits per heavy atom. The Labute approximate surface area is 122 Å². The van der Waals surface area contributed by atoms with Crippen LogP contribution in [0.15, 0.2) is 29.6 Å². The number of hydrogen-bond acceptors (Lipinski definition) is 4. The maximum atomic E-state index is 13.1. The third kappa shape index (κ3) is 6.23. The van der Waals surface area contributed by atoms with Crippen LogP contribution in [0.5, 0.6) is 0 Å². The van der Waals surface area contributed by atoms with E-state index < -0.39 is 22.6 Å². The Morgan fingerprint density at radius 2 is 1.95 bits per heavy atom. The second kappa shape index (κ2) is 8.97. The van der Waals surface area contributed by atoms with Gasteiger partial charge < -0.3 is 5.11 Å². The number of carbonyl (C=O) groups is 2. The molecule has 0 heterocycles. The number of anilines is 1. The van der Waals surface area contributed by atoms with Crippen molar-refractivity contribution in [2.24, 2.45) is 5.29 Å². The van der Waals surface area contributed by atoms with E-state index >= 15 is 0 Å². The highest BCUT2D eigenvalue weighted by atomic mass is 79.9. The van der Waals surface area contributed by atoms with Gasteiger partial charge in [-0.15, -0.1) is 4.91 Å². The number of nitrogens with one attached hydrogen (secondary N) is 1. The monoisotopic (exact) mass is 349 g/mol. The van der Waals surface area contributed by atoms with Crippen LogP contribution in [0.4, 0.5) is 14.9 Å². The van der Waals surface area contributed by atoms with Gasteiger partial charge in [0.25, 0.3) is 0 Å². The summed E-state index contributed by atoms with van der Waals surface area (Å²) in [5.41, 5.74) is 1.74. The number of para-hydroxylation sites is 1. The van der Waals surface area contributed by atoms with Crippen molar-refractivity contribution < 1.29 is 19.1 Å². The molecule has 1 atom stereocenters. The molecule has 0 aromatic heterocycles. The molecular formula is C11H13BrFN3O4. The number of benzene rings is 1. The molecule has 0 aliphatic heterocycles. The van der Waals surface area contributed by atoms with Gasteiger partial charge in [-0.25, -0.2) is 9.18 Å². The van der Waals surface area contributed by atoms with Crippen molar-refractivity contribution in [2.45, 2.75) is 11.8 Å². The van der Waals surface area contributed by atoms with E-state index in [4.69, 9.17) is 5.11 Å². The SMILES string of the molecule is CN(C(=O)NN=O)c1ccccc1F.C[C@H](Br)C(=O)O. The first-order valence-corrected chi connectivity index (χ1v) is 6.20. The maximum Gasteiger partial charge on any atom is 0.344 e. The molecule has 0 saturated heterocycles. The minimum Gasteiger partial charge on any atom is -0.480 e. The summed E-state index contributed by atoms with van der Waals surface area (Å²) in [5, 5.41) is 10.1. The molecule has 0 aliphatic carbocycles. The number of urea groups is 1. The number of halogens is 2. The van der Waals surface area contributed by atoms with Crippen molar-refractivity contribution in [2.75, 3.05) is 11.9 Å². The number of nitrogens with zero attached hydrogens (tertiary/aromatic N) is 2. The van der Waals surface area contributed by atoms with Gasteiger partial charge in [-0.05, 0) is 19.1 Å². The highest BCUT2D eigenvalue weighted by Crippen LogP contribution is 2.16. The van der Waals surface area contributed by atoms with E-state index in [0.29, 0.717) is 0 Å². The first kappa shape index (κ1) is 18.0. The Morgan fingerprint density at radius 3 is 2.35 bits per heavy atom. The number of aliphatic carboxylic acids is 1. The van der Waals surface area contributed by atoms with Crippen LogP contribution in [0.1, 0.15) is 6.92 Å². The quantitative estimate of drug-likeness (QED) is 0.497. The van der Waals surface area contributed by atoms with Gasteiger partial charge in [0.1, 0.15) is 10.6 Å². The molecule has 0 spiro atoms. The third-order valence-electron chi connectivity index (χ3n) is 2.00. The minimum atomic E-state index is -0.824. The Bertz CT molecular complexity index is 484. The average molecular weight is 350 g/mol. The molecule has 2 N–H and O–H groups in total. The molecule has 0 bridgehead atoms. The van der Waals surface area contributed by atoms with Crippen LogP contribution in [0.2, 0.25) is 0 Å². The van der Waals surface area contributed by atoms with Gasteiger partial charge in [-0.1, -0.05) is 28.1 Å². The zero-order chi connectivity index (χ0) is 15.7. The van der Waals surface area contributed by atoms with E-state index in [1.54, 1.807) is 18.4 Å². The molecule has 110 valence electrons. The molecule has 0 unspecified atom stereocenters. The molecule has 0 fully saturated rings. The Balaban J connectivity index is 0.000000511. The fourth-order valence-corrected chi connectivity index (χ4v) is 0.947. The molecular weight excluding hydrogens is 337 g/mol. The summed E-state index contributed by atoms with van der Waals surface area (Å²) in [4.78, 5) is 31.0. The summed E-state index contributed by atoms with van der Waals surface area (Å²) in [6.45, 7) is 1.56. The highest BCUT2D eigenvalue weighted by molar-refractivity contribution is 9.10. The average Bonchev–Trinajstić information content (AvgIpc) is 2.39. The first-order valence-electron chi connectivity index (χ1n) is 5.28. The van der Waals surface area contributed by atoms with Crippen LogP contribution in [0.25, 0.3) is 0 Å². The highest BCUT2D eigenvalue weighted by Gasteiger charge is 2.13. The zero-order valence-corrected chi connectivity index (χ0v) is 12.3. The molecule has 0 radical (unpaired) electrons. The summed E-state index contributed by atoms with van der Waals surface area (Å²) < 4.78 is 13.1. The fraction of sp³-hybridized carbons (Fsp3) is 0.273. The zero-order valence-electron chi connectivity index (χ0n) is 10.7. The number of nitroso groups, excluding NO2 is 1. The summed E-state index contributed by atoms with van der Waals surface area (Å²) in [5.74, 6) is -1.37. The fourth-order valence-electron chi connectivity index (χ4n) is 0.947. The number of amides is 2. The molecule has 1 aromatic carbocycles. The third-order valence-corrected chi connectivity index (χ3v) is 2.39. The molecule has 9 heteroatoms. The first-order chi connectivity index (χ1) is 9.31. The maximum absolute atomic E-state index is 13.1. The smallest absolute Gasteiger partial charge is 0.344 e. The standard InChI is InChI=1S/C8H8FN3O2.C3H5BrO2/c1-12(8(13)10-11-14)7-5-3-2-4-6(7)9;1-2(4)3(5)6/h2-5H,1H3,(H,10,13,14);2H,1H3,(H,5,6)/t;2-/m.0/s1. The Kier molecular flexibility index (Phi) is 8.06. The van der Waals surface area contributed by atoms with Crippen LogP contribution in [0.3, 0.4) is 0 Å². The molecule has 0 saturated carbocycles. The number of hydrogen-bond donors (Lipinski definition) is 2. The van der Waals surface area contributed by atoms with E-state index in [-0.39, 0.29) is 5.69 Å². The summed E-state index contributed by atoms with van der Waals surface area (Å²) in [6, 6.07) is 4.93. The van der Waals surface area contributed by atoms with Crippen LogP contribution in [0, 0.1) is 10.7 Å². The molecule has 0 aliphatic rings. The van der Waals surface area contributed by atoms with E-state index in [0.717, 1.165) is 4.90 Å². The van der Waals surface area contributed by atoms with E-state index in [1.807, 2.05) is 0 Å². The van der Waals surface area contributed by atoms with Gasteiger partial charge in [0.2, 0.25) is 0 Å². The lowest BCUT2D eigenvalue weighted by atomic mass is 10.3. The van der Waals surface area contributed by atoms with E-state index in [9.17, 15) is 18.9 Å². The van der Waals surface area contributed by atoms with E-state index in [2.05, 4.69) is 21.2 Å².